The standard InChI is InChI=1S/C25H26BrN3O5/c1-6-7-17-10-16(11-21(33-5)22(17)34-15(4)25(31)32)13-27-29-23(14(2)3)28-20-9-8-18(26)12-19(20)24(29)30/h6,8-15H,1,7H2,2-5H3,(H,31,32)/t15-/m0/s1. The number of carboxylic acid groups (broad SMARTS) is 1. The Morgan fingerprint density at radius 1 is 1.29 bits per heavy atom. The highest BCUT2D eigenvalue weighted by molar-refractivity contribution is 9.10. The number of carbonyl (C=O) groups is 1. The molecule has 1 heterocycles. The summed E-state index contributed by atoms with van der Waals surface area (Å²) in [7, 11) is 1.47. The minimum Gasteiger partial charge on any atom is -0.493 e. The number of fused-ring (bicyclic) bond motifs is 1. The van der Waals surface area contributed by atoms with Crippen molar-refractivity contribution in [2.75, 3.05) is 7.11 Å². The van der Waals surface area contributed by atoms with E-state index in [0.29, 0.717) is 45.8 Å². The smallest absolute Gasteiger partial charge is 0.344 e. The number of allylic oxidation sites excluding steroid dienone is 1. The van der Waals surface area contributed by atoms with E-state index < -0.39 is 12.1 Å². The van der Waals surface area contributed by atoms with Gasteiger partial charge >= 0.3 is 5.97 Å². The van der Waals surface area contributed by atoms with Crippen molar-refractivity contribution < 1.29 is 19.4 Å². The molecule has 8 nitrogen and oxygen atoms in total. The summed E-state index contributed by atoms with van der Waals surface area (Å²) in [5, 5.41) is 14.1. The number of carboxylic acids is 1. The third-order valence-electron chi connectivity index (χ3n) is 5.05. The van der Waals surface area contributed by atoms with Crippen LogP contribution in [0, 0.1) is 0 Å². The molecule has 2 aromatic carbocycles. The van der Waals surface area contributed by atoms with Crippen molar-refractivity contribution in [2.24, 2.45) is 5.10 Å². The van der Waals surface area contributed by atoms with E-state index in [-0.39, 0.29) is 11.5 Å². The Balaban J connectivity index is 2.13. The largest absolute Gasteiger partial charge is 0.493 e. The number of aliphatic carboxylic acids is 1. The van der Waals surface area contributed by atoms with E-state index in [1.165, 1.54) is 24.9 Å². The maximum atomic E-state index is 13.2. The lowest BCUT2D eigenvalue weighted by Crippen LogP contribution is -2.24. The first-order chi connectivity index (χ1) is 16.2. The zero-order chi connectivity index (χ0) is 25.0. The maximum Gasteiger partial charge on any atom is 0.344 e. The van der Waals surface area contributed by atoms with Crippen LogP contribution in [0.1, 0.15) is 43.6 Å². The topological polar surface area (TPSA) is 103 Å². The molecule has 0 spiro atoms. The molecule has 0 aliphatic carbocycles. The molecule has 0 unspecified atom stereocenters. The average molecular weight is 528 g/mol. The molecule has 0 aliphatic rings. The second kappa shape index (κ2) is 10.6. The van der Waals surface area contributed by atoms with Gasteiger partial charge in [-0.15, -0.1) is 6.58 Å². The zero-order valence-corrected chi connectivity index (χ0v) is 21.0. The Kier molecular flexibility index (Phi) is 7.88. The molecule has 34 heavy (non-hydrogen) atoms. The summed E-state index contributed by atoms with van der Waals surface area (Å²) in [5.41, 5.74) is 1.65. The molecule has 178 valence electrons. The molecule has 0 radical (unpaired) electrons. The number of halogens is 1. The fourth-order valence-corrected chi connectivity index (χ4v) is 3.71. The number of hydrogen-bond acceptors (Lipinski definition) is 6. The highest BCUT2D eigenvalue weighted by atomic mass is 79.9. The number of benzene rings is 2. The first kappa shape index (κ1) is 25.2. The van der Waals surface area contributed by atoms with Crippen LogP contribution in [0.15, 0.2) is 57.4 Å². The van der Waals surface area contributed by atoms with Crippen LogP contribution in [0.2, 0.25) is 0 Å². The second-order valence-electron chi connectivity index (χ2n) is 7.95. The summed E-state index contributed by atoms with van der Waals surface area (Å²) >= 11 is 3.40. The van der Waals surface area contributed by atoms with Gasteiger partial charge in [0.15, 0.2) is 17.6 Å². The summed E-state index contributed by atoms with van der Waals surface area (Å²) in [5.74, 6) is 0.0764. The van der Waals surface area contributed by atoms with E-state index in [0.717, 1.165) is 4.47 Å². The Hall–Kier alpha value is -3.46. The number of aromatic nitrogens is 2. The second-order valence-corrected chi connectivity index (χ2v) is 8.87. The van der Waals surface area contributed by atoms with E-state index in [1.54, 1.807) is 30.3 Å². The molecule has 3 rings (SSSR count). The van der Waals surface area contributed by atoms with Gasteiger partial charge in [0.05, 0.1) is 24.2 Å². The quantitative estimate of drug-likeness (QED) is 0.318. The van der Waals surface area contributed by atoms with Crippen LogP contribution in [0.3, 0.4) is 0 Å². The van der Waals surface area contributed by atoms with Crippen LogP contribution < -0.4 is 15.0 Å². The molecule has 0 saturated heterocycles. The summed E-state index contributed by atoms with van der Waals surface area (Å²) in [6.07, 6.45) is 2.58. The molecular formula is C25H26BrN3O5. The number of ether oxygens (including phenoxy) is 2. The van der Waals surface area contributed by atoms with Gasteiger partial charge in [0.1, 0.15) is 5.82 Å². The van der Waals surface area contributed by atoms with Gasteiger partial charge in [-0.2, -0.15) is 9.78 Å². The highest BCUT2D eigenvalue weighted by Crippen LogP contribution is 2.34. The normalized spacial score (nSPS) is 12.3. The minimum atomic E-state index is -1.09. The molecule has 0 bridgehead atoms. The Bertz CT molecular complexity index is 1330. The Morgan fingerprint density at radius 2 is 2.03 bits per heavy atom. The van der Waals surface area contributed by atoms with Crippen molar-refractivity contribution in [1.29, 1.82) is 0 Å². The SMILES string of the molecule is C=CCc1cc(C=Nn2c(C(C)C)nc3ccc(Br)cc3c2=O)cc(OC)c1O[C@@H](C)C(=O)O. The van der Waals surface area contributed by atoms with E-state index in [9.17, 15) is 14.7 Å². The first-order valence-electron chi connectivity index (χ1n) is 10.6. The molecule has 0 amide bonds. The molecule has 0 saturated carbocycles. The van der Waals surface area contributed by atoms with E-state index in [2.05, 4.69) is 32.6 Å². The van der Waals surface area contributed by atoms with Crippen molar-refractivity contribution >= 4 is 39.0 Å². The van der Waals surface area contributed by atoms with Gasteiger partial charge in [-0.05, 0) is 49.2 Å². The Morgan fingerprint density at radius 3 is 2.65 bits per heavy atom. The monoisotopic (exact) mass is 527 g/mol. The Labute approximate surface area is 205 Å². The van der Waals surface area contributed by atoms with Gasteiger partial charge in [-0.3, -0.25) is 4.79 Å². The van der Waals surface area contributed by atoms with Crippen LogP contribution >= 0.6 is 15.9 Å². The van der Waals surface area contributed by atoms with Crippen LogP contribution in [0.4, 0.5) is 0 Å². The number of rotatable bonds is 9. The fraction of sp³-hybridized carbons (Fsp3) is 0.280. The molecule has 0 fully saturated rings. The van der Waals surface area contributed by atoms with Gasteiger partial charge in [0.25, 0.3) is 5.56 Å². The van der Waals surface area contributed by atoms with E-state index in [4.69, 9.17) is 9.47 Å². The molecule has 1 aromatic heterocycles. The molecule has 1 atom stereocenters. The van der Waals surface area contributed by atoms with Crippen molar-refractivity contribution in [3.05, 3.63) is 74.8 Å². The molecule has 3 aromatic rings. The fourth-order valence-electron chi connectivity index (χ4n) is 3.35. The average Bonchev–Trinajstić information content (AvgIpc) is 2.79. The van der Waals surface area contributed by atoms with Crippen molar-refractivity contribution in [3.63, 3.8) is 0 Å². The number of methoxy groups -OCH3 is 1. The van der Waals surface area contributed by atoms with E-state index >= 15 is 0 Å². The van der Waals surface area contributed by atoms with Crippen LogP contribution in [0.25, 0.3) is 10.9 Å². The van der Waals surface area contributed by atoms with Crippen molar-refractivity contribution in [2.45, 2.75) is 39.2 Å². The van der Waals surface area contributed by atoms with Gasteiger partial charge in [0.2, 0.25) is 0 Å². The highest BCUT2D eigenvalue weighted by Gasteiger charge is 2.19. The summed E-state index contributed by atoms with van der Waals surface area (Å²) in [6.45, 7) is 9.10. The minimum absolute atomic E-state index is 0.0444. The predicted octanol–water partition coefficient (Wildman–Crippen LogP) is 4.75. The lowest BCUT2D eigenvalue weighted by atomic mass is 10.1. The van der Waals surface area contributed by atoms with Crippen LogP contribution in [-0.4, -0.2) is 40.2 Å². The molecule has 9 heteroatoms. The zero-order valence-electron chi connectivity index (χ0n) is 19.4. The van der Waals surface area contributed by atoms with Gasteiger partial charge in [0, 0.05) is 16.0 Å². The predicted molar refractivity (Wildman–Crippen MR) is 135 cm³/mol. The van der Waals surface area contributed by atoms with Gasteiger partial charge in [-0.25, -0.2) is 9.78 Å². The van der Waals surface area contributed by atoms with Crippen molar-refractivity contribution in [1.82, 2.24) is 9.66 Å². The molecule has 0 aliphatic heterocycles. The lowest BCUT2D eigenvalue weighted by Gasteiger charge is -2.18. The molecular weight excluding hydrogens is 502 g/mol. The molecule has 1 N–H and O–H groups in total. The lowest BCUT2D eigenvalue weighted by molar-refractivity contribution is -0.144. The first-order valence-corrected chi connectivity index (χ1v) is 11.4. The summed E-state index contributed by atoms with van der Waals surface area (Å²) < 4.78 is 13.2. The third-order valence-corrected chi connectivity index (χ3v) is 5.55. The third kappa shape index (κ3) is 5.36. The van der Waals surface area contributed by atoms with Crippen LogP contribution in [0.5, 0.6) is 11.5 Å². The van der Waals surface area contributed by atoms with Crippen molar-refractivity contribution in [3.8, 4) is 11.5 Å². The maximum absolute atomic E-state index is 13.2. The van der Waals surface area contributed by atoms with E-state index in [1.807, 2.05) is 19.9 Å². The number of nitrogens with zero attached hydrogens (tertiary/aromatic N) is 3. The van der Waals surface area contributed by atoms with Crippen LogP contribution in [-0.2, 0) is 11.2 Å². The van der Waals surface area contributed by atoms with Gasteiger partial charge in [-0.1, -0.05) is 35.9 Å². The summed E-state index contributed by atoms with van der Waals surface area (Å²) in [4.78, 5) is 29.2. The summed E-state index contributed by atoms with van der Waals surface area (Å²) in [6, 6.07) is 8.83. The number of hydrogen-bond donors (Lipinski definition) is 1. The van der Waals surface area contributed by atoms with Gasteiger partial charge < -0.3 is 14.6 Å².